The first kappa shape index (κ1) is 12.8. The first-order valence-corrected chi connectivity index (χ1v) is 7.28. The van der Waals surface area contributed by atoms with Gasteiger partial charge in [-0.15, -0.1) is 0 Å². The van der Waals surface area contributed by atoms with Gasteiger partial charge >= 0.3 is 0 Å². The summed E-state index contributed by atoms with van der Waals surface area (Å²) < 4.78 is 0. The summed E-state index contributed by atoms with van der Waals surface area (Å²) in [6, 6.07) is 5.29. The Labute approximate surface area is 119 Å². The number of nitrogens with two attached hydrogens (primary N) is 1. The molecule has 2 saturated heterocycles. The number of likely N-dealkylation sites (N-methyl/N-ethyl adjacent to an activating group) is 1. The normalized spacial score (nSPS) is 27.3. The van der Waals surface area contributed by atoms with Crippen LogP contribution >= 0.6 is 12.2 Å². The van der Waals surface area contributed by atoms with E-state index in [1.165, 1.54) is 19.3 Å². The smallest absolute Gasteiger partial charge is 0.129 e. The van der Waals surface area contributed by atoms with Crippen molar-refractivity contribution in [3.05, 3.63) is 23.9 Å². The summed E-state index contributed by atoms with van der Waals surface area (Å²) in [5.41, 5.74) is 6.61. The molecule has 0 aliphatic carbocycles. The third kappa shape index (κ3) is 2.44. The zero-order chi connectivity index (χ0) is 13.4. The average molecular weight is 276 g/mol. The highest BCUT2D eigenvalue weighted by Crippen LogP contribution is 2.30. The van der Waals surface area contributed by atoms with Crippen molar-refractivity contribution >= 4 is 23.0 Å². The quantitative estimate of drug-likeness (QED) is 0.827. The van der Waals surface area contributed by atoms with E-state index in [4.69, 9.17) is 18.0 Å². The number of fused-ring (bicyclic) bond motifs is 2. The molecule has 2 aliphatic rings. The third-order valence-corrected chi connectivity index (χ3v) is 4.74. The molecule has 0 amide bonds. The molecule has 0 spiro atoms. The van der Waals surface area contributed by atoms with Crippen molar-refractivity contribution in [2.75, 3.05) is 25.0 Å². The van der Waals surface area contributed by atoms with Gasteiger partial charge in [-0.05, 0) is 38.4 Å². The molecule has 2 fully saturated rings. The number of rotatable bonds is 2. The van der Waals surface area contributed by atoms with E-state index < -0.39 is 0 Å². The van der Waals surface area contributed by atoms with Crippen LogP contribution < -0.4 is 10.6 Å². The van der Waals surface area contributed by atoms with E-state index >= 15 is 0 Å². The number of hydrogen-bond acceptors (Lipinski definition) is 4. The van der Waals surface area contributed by atoms with Crippen LogP contribution in [0.5, 0.6) is 0 Å². The van der Waals surface area contributed by atoms with Crippen LogP contribution in [0.1, 0.15) is 24.8 Å². The molecule has 2 aliphatic heterocycles. The molecule has 19 heavy (non-hydrogen) atoms. The predicted molar refractivity (Wildman–Crippen MR) is 81.5 cm³/mol. The van der Waals surface area contributed by atoms with Crippen LogP contribution in [0.3, 0.4) is 0 Å². The van der Waals surface area contributed by atoms with Gasteiger partial charge in [0.05, 0.1) is 0 Å². The van der Waals surface area contributed by atoms with Crippen LogP contribution in [-0.2, 0) is 0 Å². The number of thiocarbonyl (C=S) groups is 1. The largest absolute Gasteiger partial charge is 0.389 e. The SMILES string of the molecule is CN1C2CCC1CN(c1cc(C(N)=S)ccn1)CC2. The fourth-order valence-electron chi connectivity index (χ4n) is 3.26. The molecular weight excluding hydrogens is 256 g/mol. The van der Waals surface area contributed by atoms with Crippen LogP contribution in [0.2, 0.25) is 0 Å². The van der Waals surface area contributed by atoms with Crippen molar-refractivity contribution in [3.63, 3.8) is 0 Å². The Bertz CT molecular complexity index is 490. The number of aromatic nitrogens is 1. The molecule has 1 aromatic heterocycles. The highest BCUT2D eigenvalue weighted by Gasteiger charge is 2.34. The van der Waals surface area contributed by atoms with E-state index in [1.807, 2.05) is 12.1 Å². The van der Waals surface area contributed by atoms with Crippen LogP contribution in [0, 0.1) is 0 Å². The van der Waals surface area contributed by atoms with E-state index in [2.05, 4.69) is 21.8 Å². The Balaban J connectivity index is 1.82. The molecule has 3 rings (SSSR count). The lowest BCUT2D eigenvalue weighted by Gasteiger charge is -2.26. The Morgan fingerprint density at radius 2 is 2.16 bits per heavy atom. The Hall–Kier alpha value is -1.20. The zero-order valence-electron chi connectivity index (χ0n) is 11.2. The molecule has 4 nitrogen and oxygen atoms in total. The molecule has 5 heteroatoms. The second-order valence-corrected chi connectivity index (χ2v) is 5.99. The molecule has 0 saturated carbocycles. The van der Waals surface area contributed by atoms with Gasteiger partial charge in [0, 0.05) is 36.9 Å². The molecule has 2 atom stereocenters. The van der Waals surface area contributed by atoms with Crippen LogP contribution in [0.25, 0.3) is 0 Å². The van der Waals surface area contributed by atoms with E-state index in [-0.39, 0.29) is 0 Å². The molecule has 3 heterocycles. The minimum absolute atomic E-state index is 0.442. The van der Waals surface area contributed by atoms with E-state index in [9.17, 15) is 0 Å². The lowest BCUT2D eigenvalue weighted by atomic mass is 10.1. The van der Waals surface area contributed by atoms with Gasteiger partial charge < -0.3 is 10.6 Å². The maximum absolute atomic E-state index is 5.70. The maximum Gasteiger partial charge on any atom is 0.129 e. The molecule has 1 aromatic rings. The van der Waals surface area contributed by atoms with Gasteiger partial charge in [0.2, 0.25) is 0 Å². The molecule has 0 radical (unpaired) electrons. The lowest BCUT2D eigenvalue weighted by Crippen LogP contribution is -2.37. The van der Waals surface area contributed by atoms with E-state index in [1.54, 1.807) is 6.20 Å². The summed E-state index contributed by atoms with van der Waals surface area (Å²) >= 11 is 5.04. The van der Waals surface area contributed by atoms with Crippen LogP contribution in [0.15, 0.2) is 18.3 Å². The number of pyridine rings is 1. The third-order valence-electron chi connectivity index (χ3n) is 4.50. The second kappa shape index (κ2) is 5.06. The van der Waals surface area contributed by atoms with Crippen molar-refractivity contribution < 1.29 is 0 Å². The fraction of sp³-hybridized carbons (Fsp3) is 0.571. The monoisotopic (exact) mass is 276 g/mol. The zero-order valence-corrected chi connectivity index (χ0v) is 12.1. The topological polar surface area (TPSA) is 45.4 Å². The van der Waals surface area contributed by atoms with Crippen LogP contribution in [0.4, 0.5) is 5.82 Å². The van der Waals surface area contributed by atoms with Crippen molar-refractivity contribution in [2.24, 2.45) is 5.73 Å². The number of anilines is 1. The average Bonchev–Trinajstić information content (AvgIpc) is 2.63. The molecule has 102 valence electrons. The van der Waals surface area contributed by atoms with Crippen molar-refractivity contribution in [3.8, 4) is 0 Å². The van der Waals surface area contributed by atoms with Gasteiger partial charge in [-0.1, -0.05) is 12.2 Å². The Morgan fingerprint density at radius 1 is 1.37 bits per heavy atom. The molecule has 2 N–H and O–H groups in total. The highest BCUT2D eigenvalue weighted by molar-refractivity contribution is 7.80. The maximum atomic E-state index is 5.70. The van der Waals surface area contributed by atoms with Gasteiger partial charge in [-0.3, -0.25) is 4.90 Å². The van der Waals surface area contributed by atoms with Crippen molar-refractivity contribution in [2.45, 2.75) is 31.3 Å². The lowest BCUT2D eigenvalue weighted by molar-refractivity contribution is 0.254. The van der Waals surface area contributed by atoms with Crippen molar-refractivity contribution in [1.29, 1.82) is 0 Å². The summed E-state index contributed by atoms with van der Waals surface area (Å²) in [5, 5.41) is 0. The van der Waals surface area contributed by atoms with E-state index in [0.717, 1.165) is 30.5 Å². The highest BCUT2D eigenvalue weighted by atomic mass is 32.1. The number of hydrogen-bond donors (Lipinski definition) is 1. The molecule has 2 bridgehead atoms. The minimum atomic E-state index is 0.442. The standard InChI is InChI=1S/C14H20N4S/c1-17-11-2-3-12(17)9-18(7-5-11)13-8-10(14(15)19)4-6-16-13/h4,6,8,11-12H,2-3,5,7,9H2,1H3,(H2,15,19). The van der Waals surface area contributed by atoms with E-state index in [0.29, 0.717) is 11.0 Å². The summed E-state index contributed by atoms with van der Waals surface area (Å²) in [6.07, 6.45) is 5.66. The van der Waals surface area contributed by atoms with Crippen molar-refractivity contribution in [1.82, 2.24) is 9.88 Å². The Morgan fingerprint density at radius 3 is 2.95 bits per heavy atom. The van der Waals surface area contributed by atoms with Crippen LogP contribution in [-0.4, -0.2) is 47.1 Å². The summed E-state index contributed by atoms with van der Waals surface area (Å²) in [6.45, 7) is 2.13. The minimum Gasteiger partial charge on any atom is -0.389 e. The van der Waals surface area contributed by atoms with Gasteiger partial charge in [0.1, 0.15) is 10.8 Å². The summed E-state index contributed by atoms with van der Waals surface area (Å²) in [7, 11) is 2.25. The fourth-order valence-corrected chi connectivity index (χ4v) is 3.39. The first-order valence-electron chi connectivity index (χ1n) is 6.88. The van der Waals surface area contributed by atoms with Gasteiger partial charge in [-0.25, -0.2) is 4.98 Å². The predicted octanol–water partition coefficient (Wildman–Crippen LogP) is 1.39. The van der Waals surface area contributed by atoms with Gasteiger partial charge in [0.25, 0.3) is 0 Å². The first-order chi connectivity index (χ1) is 9.15. The summed E-state index contributed by atoms with van der Waals surface area (Å²) in [4.78, 5) is 9.85. The van der Waals surface area contributed by atoms with Gasteiger partial charge in [0.15, 0.2) is 0 Å². The Kier molecular flexibility index (Phi) is 3.41. The van der Waals surface area contributed by atoms with Gasteiger partial charge in [-0.2, -0.15) is 0 Å². The molecule has 2 unspecified atom stereocenters. The number of nitrogens with zero attached hydrogens (tertiary/aromatic N) is 3. The molecule has 0 aromatic carbocycles. The second-order valence-electron chi connectivity index (χ2n) is 5.55. The summed E-state index contributed by atoms with van der Waals surface area (Å²) in [5.74, 6) is 1.01. The molecular formula is C14H20N4S.